The van der Waals surface area contributed by atoms with Crippen LogP contribution in [0.1, 0.15) is 35.8 Å². The molecule has 4 N–H and O–H groups in total. The van der Waals surface area contributed by atoms with Gasteiger partial charge in [-0.05, 0) is 25.1 Å². The molecule has 8 nitrogen and oxygen atoms in total. The molecule has 0 bridgehead atoms. The number of amides is 3. The van der Waals surface area contributed by atoms with Gasteiger partial charge in [-0.3, -0.25) is 9.78 Å². The summed E-state index contributed by atoms with van der Waals surface area (Å²) in [6.07, 6.45) is -5.28. The molecule has 3 rings (SSSR count). The van der Waals surface area contributed by atoms with Crippen LogP contribution in [-0.2, 0) is 4.74 Å². The number of anilines is 1. The number of urea groups is 1. The number of pyridine rings is 1. The second-order valence-electron chi connectivity index (χ2n) is 7.83. The number of hydrogen-bond acceptors (Lipinski definition) is 5. The highest BCUT2D eigenvalue weighted by Crippen LogP contribution is 2.54. The minimum atomic E-state index is -4.86. The van der Waals surface area contributed by atoms with Gasteiger partial charge in [0.2, 0.25) is 5.82 Å². The van der Waals surface area contributed by atoms with Crippen LogP contribution in [0, 0.1) is 17.6 Å². The Labute approximate surface area is 190 Å². The molecule has 1 aromatic heterocycles. The van der Waals surface area contributed by atoms with Crippen LogP contribution in [0.25, 0.3) is 0 Å². The summed E-state index contributed by atoms with van der Waals surface area (Å²) in [5.74, 6) is -6.72. The van der Waals surface area contributed by atoms with Crippen molar-refractivity contribution in [3.05, 3.63) is 53.4 Å². The van der Waals surface area contributed by atoms with Crippen molar-refractivity contribution in [2.75, 3.05) is 12.4 Å². The number of methoxy groups -OCH3 is 1. The molecule has 3 amide bonds. The number of benzene rings is 1. The lowest BCUT2D eigenvalue weighted by Gasteiger charge is -2.31. The summed E-state index contributed by atoms with van der Waals surface area (Å²) < 4.78 is 80.0. The van der Waals surface area contributed by atoms with E-state index in [4.69, 9.17) is 15.2 Å². The van der Waals surface area contributed by atoms with E-state index in [-0.39, 0.29) is 16.9 Å². The molecule has 2 aromatic rings. The summed E-state index contributed by atoms with van der Waals surface area (Å²) in [6, 6.07) is 3.33. The van der Waals surface area contributed by atoms with Gasteiger partial charge >= 0.3 is 12.2 Å². The first kappa shape index (κ1) is 25.1. The van der Waals surface area contributed by atoms with Crippen molar-refractivity contribution in [3.63, 3.8) is 0 Å². The highest BCUT2D eigenvalue weighted by Gasteiger charge is 2.65. The lowest BCUT2D eigenvalue weighted by atomic mass is 9.78. The maximum Gasteiger partial charge on any atom is 0.417 e. The lowest BCUT2D eigenvalue weighted by molar-refractivity contribution is -0.275. The predicted octanol–water partition coefficient (Wildman–Crippen LogP) is 3.69. The number of rotatable bonds is 5. The van der Waals surface area contributed by atoms with Gasteiger partial charge in [0.15, 0.2) is 17.2 Å². The molecule has 0 aliphatic carbocycles. The Bertz CT molecular complexity index is 1110. The number of halogens is 5. The van der Waals surface area contributed by atoms with Crippen LogP contribution >= 0.6 is 0 Å². The van der Waals surface area contributed by atoms with Gasteiger partial charge in [-0.1, -0.05) is 13.0 Å². The summed E-state index contributed by atoms with van der Waals surface area (Å²) in [7, 11) is 1.04. The second kappa shape index (κ2) is 9.05. The fourth-order valence-corrected chi connectivity index (χ4v) is 3.88. The number of alkyl halides is 3. The maximum absolute atomic E-state index is 14.3. The molecule has 184 valence electrons. The Morgan fingerprint density at radius 1 is 1.24 bits per heavy atom. The molecule has 1 aliphatic rings. The van der Waals surface area contributed by atoms with E-state index in [1.807, 2.05) is 0 Å². The van der Waals surface area contributed by atoms with Crippen LogP contribution in [0.15, 0.2) is 30.5 Å². The Morgan fingerprint density at radius 3 is 2.50 bits per heavy atom. The number of carbonyl (C=O) groups is 2. The van der Waals surface area contributed by atoms with E-state index in [9.17, 15) is 31.5 Å². The van der Waals surface area contributed by atoms with E-state index in [0.717, 1.165) is 32.2 Å². The molecule has 1 fully saturated rings. The third-order valence-corrected chi connectivity index (χ3v) is 5.86. The number of nitrogens with two attached hydrogens (primary N) is 1. The molecule has 2 unspecified atom stereocenters. The van der Waals surface area contributed by atoms with Gasteiger partial charge in [0.25, 0.3) is 5.91 Å². The topological polar surface area (TPSA) is 116 Å². The first-order chi connectivity index (χ1) is 15.8. The zero-order valence-electron chi connectivity index (χ0n) is 18.2. The summed E-state index contributed by atoms with van der Waals surface area (Å²) >= 11 is 0. The molecule has 13 heteroatoms. The molecular weight excluding hydrogens is 467 g/mol. The van der Waals surface area contributed by atoms with Gasteiger partial charge in [0.05, 0.1) is 7.11 Å². The van der Waals surface area contributed by atoms with E-state index in [2.05, 4.69) is 15.6 Å². The first-order valence-electron chi connectivity index (χ1n) is 9.90. The van der Waals surface area contributed by atoms with Crippen molar-refractivity contribution in [2.45, 2.75) is 37.8 Å². The largest absolute Gasteiger partial charge is 0.493 e. The number of carbonyl (C=O) groups excluding carboxylic acids is 2. The van der Waals surface area contributed by atoms with E-state index in [0.29, 0.717) is 0 Å². The average Bonchev–Trinajstić information content (AvgIpc) is 3.00. The zero-order valence-corrected chi connectivity index (χ0v) is 18.2. The Kier molecular flexibility index (Phi) is 6.69. The number of hydrogen-bond donors (Lipinski definition) is 3. The molecule has 0 saturated carbocycles. The van der Waals surface area contributed by atoms with Crippen LogP contribution in [-0.4, -0.2) is 42.0 Å². The van der Waals surface area contributed by atoms with E-state index in [1.54, 1.807) is 0 Å². The molecular formula is C21H21F5N4O4. The summed E-state index contributed by atoms with van der Waals surface area (Å²) in [5, 5.41) is 4.63. The maximum atomic E-state index is 14.3. The van der Waals surface area contributed by atoms with Crippen LogP contribution in [0.3, 0.4) is 0 Å². The average molecular weight is 488 g/mol. The predicted molar refractivity (Wildman–Crippen MR) is 109 cm³/mol. The molecule has 1 aliphatic heterocycles. The Morgan fingerprint density at radius 2 is 1.91 bits per heavy atom. The molecule has 1 saturated heterocycles. The van der Waals surface area contributed by atoms with Gasteiger partial charge in [0.1, 0.15) is 11.9 Å². The number of aromatic nitrogens is 1. The van der Waals surface area contributed by atoms with Crippen LogP contribution in [0.4, 0.5) is 32.4 Å². The van der Waals surface area contributed by atoms with Crippen molar-refractivity contribution in [3.8, 4) is 5.75 Å². The molecule has 0 radical (unpaired) electrons. The van der Waals surface area contributed by atoms with E-state index >= 15 is 0 Å². The van der Waals surface area contributed by atoms with Gasteiger partial charge in [0, 0.05) is 29.3 Å². The molecule has 2 heterocycles. The van der Waals surface area contributed by atoms with E-state index < -0.39 is 59.2 Å². The third-order valence-electron chi connectivity index (χ3n) is 5.86. The van der Waals surface area contributed by atoms with Crippen LogP contribution in [0.2, 0.25) is 0 Å². The Balaban J connectivity index is 1.97. The van der Waals surface area contributed by atoms with Crippen molar-refractivity contribution >= 4 is 17.6 Å². The van der Waals surface area contributed by atoms with Gasteiger partial charge in [-0.15, -0.1) is 0 Å². The SMILES string of the molecule is COc1c(C2C(NC(=O)Nc3ccnc(C(N)=O)c3)O[C@@](C)(C(F)(F)F)[C@H]2C)ccc(F)c1F. The first-order valence-corrected chi connectivity index (χ1v) is 9.90. The van der Waals surface area contributed by atoms with Crippen LogP contribution < -0.4 is 21.1 Å². The van der Waals surface area contributed by atoms with Gasteiger partial charge in [-0.2, -0.15) is 17.6 Å². The standard InChI is InChI=1S/C21H21F5N4O4/c1-9-14(11-4-5-12(22)15(23)16(11)33-3)18(34-20(9,2)21(24,25)26)30-19(32)29-10-6-7-28-13(8-10)17(27)31/h4-9,14,18H,1-3H3,(H2,27,31)(H2,28,29,30,32)/t9-,14?,18?,20+/m0/s1. The number of primary amides is 1. The second-order valence-corrected chi connectivity index (χ2v) is 7.83. The number of nitrogens with one attached hydrogen (secondary N) is 2. The van der Waals surface area contributed by atoms with Gasteiger partial charge in [-0.25, -0.2) is 9.18 Å². The molecule has 0 spiro atoms. The fraction of sp³-hybridized carbons (Fsp3) is 0.381. The smallest absolute Gasteiger partial charge is 0.417 e. The fourth-order valence-electron chi connectivity index (χ4n) is 3.88. The summed E-state index contributed by atoms with van der Waals surface area (Å²) in [5.41, 5.74) is 2.21. The van der Waals surface area contributed by atoms with E-state index in [1.165, 1.54) is 19.2 Å². The minimum Gasteiger partial charge on any atom is -0.493 e. The molecule has 4 atom stereocenters. The monoisotopic (exact) mass is 488 g/mol. The highest BCUT2D eigenvalue weighted by molar-refractivity contribution is 5.94. The highest BCUT2D eigenvalue weighted by atomic mass is 19.4. The lowest BCUT2D eigenvalue weighted by Crippen LogP contribution is -2.48. The third kappa shape index (κ3) is 4.47. The van der Waals surface area contributed by atoms with Crippen molar-refractivity contribution < 1.29 is 41.0 Å². The van der Waals surface area contributed by atoms with Gasteiger partial charge < -0.3 is 25.8 Å². The molecule has 34 heavy (non-hydrogen) atoms. The molecule has 1 aromatic carbocycles. The number of nitrogens with zero attached hydrogens (tertiary/aromatic N) is 1. The van der Waals surface area contributed by atoms with Crippen molar-refractivity contribution in [2.24, 2.45) is 11.7 Å². The minimum absolute atomic E-state index is 0.0767. The summed E-state index contributed by atoms with van der Waals surface area (Å²) in [4.78, 5) is 27.6. The number of ether oxygens (including phenoxy) is 2. The van der Waals surface area contributed by atoms with Crippen molar-refractivity contribution in [1.82, 2.24) is 10.3 Å². The quantitative estimate of drug-likeness (QED) is 0.556. The normalized spacial score (nSPS) is 24.5. The zero-order chi connectivity index (χ0) is 25.4. The summed E-state index contributed by atoms with van der Waals surface area (Å²) in [6.45, 7) is 2.03. The Hall–Kier alpha value is -3.48. The van der Waals surface area contributed by atoms with Crippen LogP contribution in [0.5, 0.6) is 5.75 Å². The van der Waals surface area contributed by atoms with Crippen molar-refractivity contribution in [1.29, 1.82) is 0 Å².